The van der Waals surface area contributed by atoms with E-state index in [-0.39, 0.29) is 5.75 Å². The Bertz CT molecular complexity index is 1200. The lowest BCUT2D eigenvalue weighted by molar-refractivity contribution is -0.136. The van der Waals surface area contributed by atoms with Gasteiger partial charge in [-0.05, 0) is 66.7 Å². The lowest BCUT2D eigenvalue weighted by Gasteiger charge is -2.08. The summed E-state index contributed by atoms with van der Waals surface area (Å²) in [5.74, 6) is -1.58. The van der Waals surface area contributed by atoms with Crippen LogP contribution in [0.5, 0.6) is 11.5 Å². The van der Waals surface area contributed by atoms with Crippen LogP contribution >= 0.6 is 31.9 Å². The van der Waals surface area contributed by atoms with Gasteiger partial charge in [-0.15, -0.1) is 0 Å². The molecular formula is C23H17Br2N3O5. The summed E-state index contributed by atoms with van der Waals surface area (Å²) in [5.41, 5.74) is 3.34. The summed E-state index contributed by atoms with van der Waals surface area (Å²) in [6.45, 7) is 0. The molecule has 0 spiro atoms. The van der Waals surface area contributed by atoms with Crippen LogP contribution in [0.3, 0.4) is 0 Å². The van der Waals surface area contributed by atoms with Crippen LogP contribution in [0.1, 0.15) is 15.9 Å². The van der Waals surface area contributed by atoms with Crippen LogP contribution < -0.4 is 20.2 Å². The highest BCUT2D eigenvalue weighted by molar-refractivity contribution is 9.10. The first-order valence-electron chi connectivity index (χ1n) is 9.41. The minimum atomic E-state index is -0.957. The van der Waals surface area contributed by atoms with E-state index in [1.807, 2.05) is 0 Å². The Morgan fingerprint density at radius 1 is 0.879 bits per heavy atom. The molecule has 0 radical (unpaired) electrons. The van der Waals surface area contributed by atoms with Gasteiger partial charge in [0.2, 0.25) is 0 Å². The number of amides is 2. The predicted molar refractivity (Wildman–Crippen MR) is 131 cm³/mol. The zero-order valence-electron chi connectivity index (χ0n) is 17.2. The largest absolute Gasteiger partial charge is 0.497 e. The number of rotatable bonds is 6. The molecule has 3 aromatic carbocycles. The van der Waals surface area contributed by atoms with E-state index in [4.69, 9.17) is 9.47 Å². The molecule has 3 aromatic rings. The zero-order valence-corrected chi connectivity index (χ0v) is 20.3. The van der Waals surface area contributed by atoms with E-state index < -0.39 is 17.8 Å². The van der Waals surface area contributed by atoms with E-state index in [2.05, 4.69) is 47.7 Å². The second kappa shape index (κ2) is 11.4. The molecule has 0 aliphatic carbocycles. The van der Waals surface area contributed by atoms with Crippen LogP contribution in [0.25, 0.3) is 0 Å². The summed E-state index contributed by atoms with van der Waals surface area (Å²) >= 11 is 6.63. The van der Waals surface area contributed by atoms with Gasteiger partial charge in [-0.2, -0.15) is 5.10 Å². The molecule has 0 bridgehead atoms. The Balaban J connectivity index is 1.65. The number of methoxy groups -OCH3 is 1. The molecule has 0 aliphatic heterocycles. The van der Waals surface area contributed by atoms with Crippen LogP contribution in [0, 0.1) is 0 Å². The number of esters is 1. The fourth-order valence-electron chi connectivity index (χ4n) is 2.53. The quantitative estimate of drug-likeness (QED) is 0.148. The molecular weight excluding hydrogens is 558 g/mol. The van der Waals surface area contributed by atoms with Crippen molar-refractivity contribution in [3.05, 3.63) is 86.8 Å². The van der Waals surface area contributed by atoms with Crippen molar-refractivity contribution in [2.75, 3.05) is 12.4 Å². The van der Waals surface area contributed by atoms with Gasteiger partial charge in [0.25, 0.3) is 0 Å². The lowest BCUT2D eigenvalue weighted by atomic mass is 10.2. The molecule has 0 saturated carbocycles. The van der Waals surface area contributed by atoms with Crippen LogP contribution in [0.2, 0.25) is 0 Å². The normalized spacial score (nSPS) is 10.5. The predicted octanol–water partition coefficient (Wildman–Crippen LogP) is 4.53. The first-order valence-corrected chi connectivity index (χ1v) is 11.0. The molecule has 0 heterocycles. The van der Waals surface area contributed by atoms with Gasteiger partial charge in [-0.3, -0.25) is 9.59 Å². The van der Waals surface area contributed by atoms with Crippen molar-refractivity contribution in [3.8, 4) is 11.5 Å². The molecule has 2 N–H and O–H groups in total. The van der Waals surface area contributed by atoms with E-state index >= 15 is 0 Å². The van der Waals surface area contributed by atoms with Crippen molar-refractivity contribution >= 4 is 61.5 Å². The molecule has 168 valence electrons. The Hall–Kier alpha value is -3.50. The number of nitrogens with zero attached hydrogens (tertiary/aromatic N) is 1. The average Bonchev–Trinajstić information content (AvgIpc) is 2.82. The third kappa shape index (κ3) is 6.99. The molecule has 33 heavy (non-hydrogen) atoms. The van der Waals surface area contributed by atoms with Gasteiger partial charge in [-0.1, -0.05) is 31.9 Å². The van der Waals surface area contributed by atoms with Gasteiger partial charge in [-0.25, -0.2) is 10.2 Å². The molecule has 0 saturated heterocycles. The second-order valence-corrected chi connectivity index (χ2v) is 8.29. The van der Waals surface area contributed by atoms with Crippen LogP contribution in [-0.4, -0.2) is 31.1 Å². The Labute approximate surface area is 206 Å². The van der Waals surface area contributed by atoms with E-state index in [0.717, 1.165) is 4.47 Å². The average molecular weight is 575 g/mol. The van der Waals surface area contributed by atoms with Crippen molar-refractivity contribution in [2.45, 2.75) is 0 Å². The van der Waals surface area contributed by atoms with Gasteiger partial charge >= 0.3 is 17.8 Å². The first-order chi connectivity index (χ1) is 15.9. The van der Waals surface area contributed by atoms with Gasteiger partial charge in [0.05, 0.1) is 18.9 Å². The number of ether oxygens (including phenoxy) is 2. The molecule has 0 aromatic heterocycles. The van der Waals surface area contributed by atoms with E-state index in [9.17, 15) is 14.4 Å². The Morgan fingerprint density at radius 3 is 2.21 bits per heavy atom. The fourth-order valence-corrected chi connectivity index (χ4v) is 3.17. The van der Waals surface area contributed by atoms with E-state index in [1.54, 1.807) is 66.7 Å². The molecule has 2 amide bonds. The molecule has 0 atom stereocenters. The minimum absolute atomic E-state index is 0.219. The smallest absolute Gasteiger partial charge is 0.343 e. The molecule has 10 heteroatoms. The molecule has 0 aliphatic rings. The summed E-state index contributed by atoms with van der Waals surface area (Å²) in [4.78, 5) is 36.5. The molecule has 0 fully saturated rings. The monoisotopic (exact) mass is 573 g/mol. The van der Waals surface area contributed by atoms with Crippen LogP contribution in [0.15, 0.2) is 80.8 Å². The zero-order chi connectivity index (χ0) is 23.8. The SMILES string of the molecule is COc1ccc(C(=O)Oc2ccc(Br)cc2/C=N\NC(=O)C(=O)Nc2ccc(Br)cc2)cc1. The summed E-state index contributed by atoms with van der Waals surface area (Å²) in [6.07, 6.45) is 1.27. The number of hydrogen-bond acceptors (Lipinski definition) is 6. The van der Waals surface area contributed by atoms with Crippen molar-refractivity contribution in [1.82, 2.24) is 5.43 Å². The number of nitrogens with one attached hydrogen (secondary N) is 2. The lowest BCUT2D eigenvalue weighted by Crippen LogP contribution is -2.32. The number of benzene rings is 3. The third-order valence-electron chi connectivity index (χ3n) is 4.18. The number of carbonyl (C=O) groups is 3. The maximum absolute atomic E-state index is 12.5. The van der Waals surface area contributed by atoms with Crippen molar-refractivity contribution in [3.63, 3.8) is 0 Å². The maximum atomic E-state index is 12.5. The number of hydrogen-bond donors (Lipinski definition) is 2. The van der Waals surface area contributed by atoms with Crippen molar-refractivity contribution < 1.29 is 23.9 Å². The van der Waals surface area contributed by atoms with Crippen LogP contribution in [-0.2, 0) is 9.59 Å². The Kier molecular flexibility index (Phi) is 8.34. The summed E-state index contributed by atoms with van der Waals surface area (Å²) in [5, 5.41) is 6.26. The van der Waals surface area contributed by atoms with Crippen molar-refractivity contribution in [1.29, 1.82) is 0 Å². The number of anilines is 1. The highest BCUT2D eigenvalue weighted by atomic mass is 79.9. The number of hydrazone groups is 1. The summed E-state index contributed by atoms with van der Waals surface area (Å²) in [6, 6.07) is 18.1. The van der Waals surface area contributed by atoms with Gasteiger partial charge < -0.3 is 14.8 Å². The van der Waals surface area contributed by atoms with Gasteiger partial charge in [0, 0.05) is 20.2 Å². The Morgan fingerprint density at radius 2 is 1.55 bits per heavy atom. The summed E-state index contributed by atoms with van der Waals surface area (Å²) in [7, 11) is 1.53. The van der Waals surface area contributed by atoms with Crippen LogP contribution in [0.4, 0.5) is 5.69 Å². The standard InChI is InChI=1S/C23H17Br2N3O5/c1-32-19-9-2-14(3-10-19)23(31)33-20-11-6-17(25)12-15(20)13-26-28-22(30)21(29)27-18-7-4-16(24)5-8-18/h2-13H,1H3,(H,27,29)(H,28,30)/b26-13-. The van der Waals surface area contributed by atoms with Crippen molar-refractivity contribution in [2.24, 2.45) is 5.10 Å². The number of carbonyl (C=O) groups excluding carboxylic acids is 3. The second-order valence-electron chi connectivity index (χ2n) is 6.46. The van der Waals surface area contributed by atoms with E-state index in [1.165, 1.54) is 13.3 Å². The van der Waals surface area contributed by atoms with E-state index in [0.29, 0.717) is 27.0 Å². The third-order valence-corrected chi connectivity index (χ3v) is 5.20. The molecule has 3 rings (SSSR count). The maximum Gasteiger partial charge on any atom is 0.343 e. The van der Waals surface area contributed by atoms with Gasteiger partial charge in [0.15, 0.2) is 0 Å². The highest BCUT2D eigenvalue weighted by Crippen LogP contribution is 2.23. The van der Waals surface area contributed by atoms with Gasteiger partial charge in [0.1, 0.15) is 11.5 Å². The fraction of sp³-hybridized carbons (Fsp3) is 0.0435. The highest BCUT2D eigenvalue weighted by Gasteiger charge is 2.14. The molecule has 0 unspecified atom stereocenters. The minimum Gasteiger partial charge on any atom is -0.497 e. The summed E-state index contributed by atoms with van der Waals surface area (Å²) < 4.78 is 12.1. The molecule has 8 nitrogen and oxygen atoms in total. The number of halogens is 2. The topological polar surface area (TPSA) is 106 Å². The first kappa shape index (κ1) is 24.1.